The van der Waals surface area contributed by atoms with Crippen molar-refractivity contribution >= 4 is 17.7 Å². The largest absolute Gasteiger partial charge is 0.322 e. The van der Waals surface area contributed by atoms with Gasteiger partial charge in [0.15, 0.2) is 0 Å². The number of nitrogens with zero attached hydrogens (tertiary/aromatic N) is 2. The first-order valence-electron chi connectivity index (χ1n) is 9.99. The average Bonchev–Trinajstić information content (AvgIpc) is 2.94. The second-order valence-corrected chi connectivity index (χ2v) is 8.91. The van der Waals surface area contributed by atoms with Crippen molar-refractivity contribution in [3.8, 4) is 0 Å². The van der Waals surface area contributed by atoms with E-state index in [4.69, 9.17) is 0 Å². The van der Waals surface area contributed by atoms with Gasteiger partial charge in [0, 0.05) is 49.7 Å². The van der Waals surface area contributed by atoms with E-state index in [1.165, 1.54) is 5.56 Å². The number of rotatable bonds is 3. The summed E-state index contributed by atoms with van der Waals surface area (Å²) < 4.78 is 0. The lowest BCUT2D eigenvalue weighted by molar-refractivity contribution is -0.136. The first kappa shape index (κ1) is 19.1. The number of hydrogen-bond donors (Lipinski definition) is 2. The molecule has 150 valence electrons. The van der Waals surface area contributed by atoms with Crippen molar-refractivity contribution in [3.05, 3.63) is 34.9 Å². The SMILES string of the molecule is CC1CNC(C)(C)CN1Cc1ccc2c(c1)CN(C1CCC(=O)NC1=O)C2=O. The number of piperazine rings is 1. The van der Waals surface area contributed by atoms with Crippen LogP contribution in [0.25, 0.3) is 0 Å². The Hall–Kier alpha value is -2.25. The maximum atomic E-state index is 12.8. The molecule has 3 heterocycles. The van der Waals surface area contributed by atoms with E-state index in [1.807, 2.05) is 12.1 Å². The van der Waals surface area contributed by atoms with E-state index in [2.05, 4.69) is 42.4 Å². The highest BCUT2D eigenvalue weighted by atomic mass is 16.2. The molecule has 2 saturated heterocycles. The van der Waals surface area contributed by atoms with Gasteiger partial charge in [-0.1, -0.05) is 12.1 Å². The van der Waals surface area contributed by atoms with Crippen LogP contribution in [0, 0.1) is 0 Å². The van der Waals surface area contributed by atoms with Crippen LogP contribution in [-0.2, 0) is 22.7 Å². The normalized spacial score (nSPS) is 27.7. The molecule has 2 atom stereocenters. The number of nitrogens with one attached hydrogen (secondary N) is 2. The number of hydrogen-bond acceptors (Lipinski definition) is 5. The van der Waals surface area contributed by atoms with Gasteiger partial charge in [0.25, 0.3) is 5.91 Å². The van der Waals surface area contributed by atoms with Gasteiger partial charge in [-0.3, -0.25) is 24.6 Å². The van der Waals surface area contributed by atoms with E-state index in [0.717, 1.165) is 25.2 Å². The molecule has 0 saturated carbocycles. The predicted molar refractivity (Wildman–Crippen MR) is 104 cm³/mol. The Morgan fingerprint density at radius 3 is 2.75 bits per heavy atom. The molecule has 28 heavy (non-hydrogen) atoms. The Balaban J connectivity index is 1.49. The van der Waals surface area contributed by atoms with E-state index < -0.39 is 6.04 Å². The minimum Gasteiger partial charge on any atom is -0.322 e. The van der Waals surface area contributed by atoms with Crippen molar-refractivity contribution in [2.75, 3.05) is 13.1 Å². The first-order chi connectivity index (χ1) is 13.2. The monoisotopic (exact) mass is 384 g/mol. The standard InChI is InChI=1S/C21H28N4O3/c1-13-9-22-21(2,3)12-24(13)10-14-4-5-16-15(8-14)11-25(20(16)28)17-6-7-18(26)23-19(17)27/h4-5,8,13,17,22H,6-7,9-12H2,1-3H3,(H,23,26,27). The smallest absolute Gasteiger partial charge is 0.255 e. The van der Waals surface area contributed by atoms with Gasteiger partial charge >= 0.3 is 0 Å². The molecule has 3 amide bonds. The Labute approximate surface area is 165 Å². The molecule has 3 aliphatic heterocycles. The molecule has 1 aromatic carbocycles. The number of fused-ring (bicyclic) bond motifs is 1. The molecule has 0 aromatic heterocycles. The Bertz CT molecular complexity index is 835. The van der Waals surface area contributed by atoms with Gasteiger partial charge < -0.3 is 10.2 Å². The third-order valence-corrected chi connectivity index (χ3v) is 6.07. The summed E-state index contributed by atoms with van der Waals surface area (Å²) in [6.45, 7) is 9.84. The zero-order valence-corrected chi connectivity index (χ0v) is 16.7. The summed E-state index contributed by atoms with van der Waals surface area (Å²) in [6, 6.07) is 5.89. The lowest BCUT2D eigenvalue weighted by atomic mass is 9.98. The molecule has 2 N–H and O–H groups in total. The van der Waals surface area contributed by atoms with Crippen LogP contribution in [0.2, 0.25) is 0 Å². The molecular formula is C21H28N4O3. The fraction of sp³-hybridized carbons (Fsp3) is 0.571. The molecule has 1 aromatic rings. The Kier molecular flexibility index (Phi) is 4.75. The van der Waals surface area contributed by atoms with Crippen molar-refractivity contribution in [1.29, 1.82) is 0 Å². The number of carbonyl (C=O) groups is 3. The quantitative estimate of drug-likeness (QED) is 0.761. The van der Waals surface area contributed by atoms with Crippen LogP contribution in [0.5, 0.6) is 0 Å². The van der Waals surface area contributed by atoms with Crippen LogP contribution in [0.3, 0.4) is 0 Å². The van der Waals surface area contributed by atoms with Crippen LogP contribution in [-0.4, -0.2) is 58.2 Å². The summed E-state index contributed by atoms with van der Waals surface area (Å²) in [7, 11) is 0. The van der Waals surface area contributed by atoms with Crippen LogP contribution in [0.15, 0.2) is 18.2 Å². The molecule has 0 aliphatic carbocycles. The highest BCUT2D eigenvalue weighted by Crippen LogP contribution is 2.29. The third-order valence-electron chi connectivity index (χ3n) is 6.07. The van der Waals surface area contributed by atoms with Gasteiger partial charge in [0.2, 0.25) is 11.8 Å². The highest BCUT2D eigenvalue weighted by Gasteiger charge is 2.39. The number of carbonyl (C=O) groups excluding carboxylic acids is 3. The summed E-state index contributed by atoms with van der Waals surface area (Å²) in [4.78, 5) is 40.4. The van der Waals surface area contributed by atoms with E-state index in [0.29, 0.717) is 24.6 Å². The lowest BCUT2D eigenvalue weighted by Gasteiger charge is -2.43. The van der Waals surface area contributed by atoms with Gasteiger partial charge in [-0.2, -0.15) is 0 Å². The molecule has 3 aliphatic rings. The van der Waals surface area contributed by atoms with Gasteiger partial charge in [-0.25, -0.2) is 0 Å². The van der Waals surface area contributed by atoms with Crippen molar-refractivity contribution < 1.29 is 14.4 Å². The molecule has 0 spiro atoms. The fourth-order valence-electron chi connectivity index (χ4n) is 4.44. The molecule has 4 rings (SSSR count). The van der Waals surface area contributed by atoms with Crippen molar-refractivity contribution in [2.24, 2.45) is 0 Å². The van der Waals surface area contributed by atoms with Gasteiger partial charge in [0.1, 0.15) is 6.04 Å². The molecular weight excluding hydrogens is 356 g/mol. The van der Waals surface area contributed by atoms with E-state index >= 15 is 0 Å². The minimum atomic E-state index is -0.560. The summed E-state index contributed by atoms with van der Waals surface area (Å²) in [5, 5.41) is 5.91. The highest BCUT2D eigenvalue weighted by molar-refractivity contribution is 6.05. The van der Waals surface area contributed by atoms with Crippen LogP contribution in [0.4, 0.5) is 0 Å². The first-order valence-corrected chi connectivity index (χ1v) is 9.99. The second kappa shape index (κ2) is 6.97. The third kappa shape index (κ3) is 3.56. The molecule has 7 heteroatoms. The minimum absolute atomic E-state index is 0.0851. The van der Waals surface area contributed by atoms with Crippen molar-refractivity contribution in [2.45, 2.75) is 64.3 Å². The maximum absolute atomic E-state index is 12.8. The van der Waals surface area contributed by atoms with Gasteiger partial charge in [-0.15, -0.1) is 0 Å². The molecule has 0 radical (unpaired) electrons. The van der Waals surface area contributed by atoms with Gasteiger partial charge in [-0.05, 0) is 44.4 Å². The second-order valence-electron chi connectivity index (χ2n) is 8.91. The zero-order chi connectivity index (χ0) is 20.1. The van der Waals surface area contributed by atoms with E-state index in [1.54, 1.807) is 4.90 Å². The summed E-state index contributed by atoms with van der Waals surface area (Å²) in [5.41, 5.74) is 2.90. The molecule has 0 bridgehead atoms. The van der Waals surface area contributed by atoms with E-state index in [-0.39, 0.29) is 29.7 Å². The van der Waals surface area contributed by atoms with Gasteiger partial charge in [0.05, 0.1) is 0 Å². The Morgan fingerprint density at radius 2 is 2.00 bits per heavy atom. The lowest BCUT2D eigenvalue weighted by Crippen LogP contribution is -2.60. The van der Waals surface area contributed by atoms with Crippen LogP contribution < -0.4 is 10.6 Å². The van der Waals surface area contributed by atoms with Crippen LogP contribution >= 0.6 is 0 Å². The van der Waals surface area contributed by atoms with Crippen molar-refractivity contribution in [1.82, 2.24) is 20.4 Å². The fourth-order valence-corrected chi connectivity index (χ4v) is 4.44. The zero-order valence-electron chi connectivity index (χ0n) is 16.7. The molecule has 2 unspecified atom stereocenters. The topological polar surface area (TPSA) is 81.8 Å². The number of imide groups is 1. The average molecular weight is 384 g/mol. The molecule has 2 fully saturated rings. The molecule has 7 nitrogen and oxygen atoms in total. The van der Waals surface area contributed by atoms with E-state index in [9.17, 15) is 14.4 Å². The van der Waals surface area contributed by atoms with Crippen molar-refractivity contribution in [3.63, 3.8) is 0 Å². The predicted octanol–water partition coefficient (Wildman–Crippen LogP) is 1.02. The number of benzene rings is 1. The number of piperidine rings is 1. The summed E-state index contributed by atoms with van der Waals surface area (Å²) >= 11 is 0. The maximum Gasteiger partial charge on any atom is 0.255 e. The van der Waals surface area contributed by atoms with Crippen LogP contribution in [0.1, 0.15) is 55.1 Å². The summed E-state index contributed by atoms with van der Waals surface area (Å²) in [6.07, 6.45) is 0.670. The Morgan fingerprint density at radius 1 is 1.21 bits per heavy atom. The number of amides is 3. The summed E-state index contributed by atoms with van der Waals surface area (Å²) in [5.74, 6) is -0.747.